The Morgan fingerprint density at radius 1 is 1.00 bits per heavy atom. The van der Waals surface area contributed by atoms with Gasteiger partial charge in [0.1, 0.15) is 0 Å². The number of nitrogens with zero attached hydrogens (tertiary/aromatic N) is 3. The predicted octanol–water partition coefficient (Wildman–Crippen LogP) is 2.69. The zero-order chi connectivity index (χ0) is 11.0. The molecule has 0 spiro atoms. The van der Waals surface area contributed by atoms with Crippen molar-refractivity contribution in [2.75, 3.05) is 0 Å². The number of aliphatic imine (C=N–C) groups is 1. The quantitative estimate of drug-likeness (QED) is 0.700. The molecule has 3 heteroatoms. The summed E-state index contributed by atoms with van der Waals surface area (Å²) in [4.78, 5) is 13.3. The van der Waals surface area contributed by atoms with E-state index in [0.717, 1.165) is 35.0 Å². The molecule has 0 N–H and O–H groups in total. The Kier molecular flexibility index (Phi) is 2.39. The maximum absolute atomic E-state index is 4.46. The Bertz CT molecular complexity index is 450. The van der Waals surface area contributed by atoms with E-state index >= 15 is 0 Å². The highest BCUT2D eigenvalue weighted by Crippen LogP contribution is 2.26. The maximum atomic E-state index is 4.46. The van der Waals surface area contributed by atoms with Crippen LogP contribution >= 0.6 is 0 Å². The highest BCUT2D eigenvalue weighted by Gasteiger charge is 2.16. The summed E-state index contributed by atoms with van der Waals surface area (Å²) in [5.41, 5.74) is 5.40. The number of hydrogen-bond acceptors (Lipinski definition) is 3. The van der Waals surface area contributed by atoms with Crippen molar-refractivity contribution >= 4 is 11.3 Å². The van der Waals surface area contributed by atoms with Crippen molar-refractivity contribution < 1.29 is 0 Å². The molecule has 2 rings (SSSR count). The Morgan fingerprint density at radius 3 is 2.07 bits per heavy atom. The third kappa shape index (κ3) is 1.96. The van der Waals surface area contributed by atoms with Crippen LogP contribution in [0.5, 0.6) is 0 Å². The molecular weight excluding hydrogens is 186 g/mol. The minimum atomic E-state index is 0.839. The Labute approximate surface area is 90.0 Å². The van der Waals surface area contributed by atoms with Crippen LogP contribution < -0.4 is 0 Å². The van der Waals surface area contributed by atoms with E-state index in [1.807, 2.05) is 33.8 Å². The highest BCUT2D eigenvalue weighted by molar-refractivity contribution is 5.97. The van der Waals surface area contributed by atoms with E-state index in [0.29, 0.717) is 0 Å². The zero-order valence-electron chi connectivity index (χ0n) is 9.63. The van der Waals surface area contributed by atoms with Crippen molar-refractivity contribution in [3.63, 3.8) is 0 Å². The van der Waals surface area contributed by atoms with Crippen LogP contribution in [0, 0.1) is 13.8 Å². The summed E-state index contributed by atoms with van der Waals surface area (Å²) in [6.07, 6.45) is 0.884. The van der Waals surface area contributed by atoms with E-state index in [1.54, 1.807) is 0 Å². The normalized spacial score (nSPS) is 15.9. The molecule has 0 saturated carbocycles. The number of aromatic nitrogens is 2. The lowest BCUT2D eigenvalue weighted by molar-refractivity contribution is 1.01. The summed E-state index contributed by atoms with van der Waals surface area (Å²) in [6, 6.07) is 1.99. The lowest BCUT2D eigenvalue weighted by Crippen LogP contribution is -1.99. The molecule has 0 fully saturated rings. The van der Waals surface area contributed by atoms with Gasteiger partial charge in [-0.05, 0) is 33.8 Å². The molecule has 0 bridgehead atoms. The van der Waals surface area contributed by atoms with Crippen LogP contribution in [0.3, 0.4) is 0 Å². The Balaban J connectivity index is 2.44. The van der Waals surface area contributed by atoms with Crippen molar-refractivity contribution in [2.24, 2.45) is 4.99 Å². The largest absolute Gasteiger partial charge is 0.262 e. The molecule has 2 heterocycles. The van der Waals surface area contributed by atoms with E-state index in [4.69, 9.17) is 0 Å². The van der Waals surface area contributed by atoms with Gasteiger partial charge in [-0.25, -0.2) is 9.97 Å². The van der Waals surface area contributed by atoms with Crippen molar-refractivity contribution in [1.29, 1.82) is 0 Å². The second-order valence-electron chi connectivity index (χ2n) is 4.06. The smallest absolute Gasteiger partial charge is 0.157 e. The number of allylic oxidation sites excluding steroid dienone is 2. The molecule has 0 aliphatic carbocycles. The molecule has 3 nitrogen and oxygen atoms in total. The summed E-state index contributed by atoms with van der Waals surface area (Å²) in [5.74, 6) is 0.839. The van der Waals surface area contributed by atoms with Crippen molar-refractivity contribution in [3.8, 4) is 0 Å². The fourth-order valence-electron chi connectivity index (χ4n) is 1.88. The van der Waals surface area contributed by atoms with Crippen LogP contribution in [-0.4, -0.2) is 15.7 Å². The number of rotatable bonds is 1. The van der Waals surface area contributed by atoms with Crippen molar-refractivity contribution in [1.82, 2.24) is 9.97 Å². The average Bonchev–Trinajstić information content (AvgIpc) is 2.43. The van der Waals surface area contributed by atoms with E-state index in [2.05, 4.69) is 15.0 Å². The van der Waals surface area contributed by atoms with Gasteiger partial charge >= 0.3 is 0 Å². The van der Waals surface area contributed by atoms with Crippen LogP contribution in [0.1, 0.15) is 37.5 Å². The molecule has 0 radical (unpaired) electrons. The Hall–Kier alpha value is -1.51. The molecule has 1 aromatic rings. The molecule has 1 aromatic heterocycles. The van der Waals surface area contributed by atoms with E-state index < -0.39 is 0 Å². The SMILES string of the molecule is CC1=NC(C)=C(c2nc(C)cc(C)n2)C1. The van der Waals surface area contributed by atoms with Crippen LogP contribution in [0.4, 0.5) is 0 Å². The van der Waals surface area contributed by atoms with Gasteiger partial charge in [-0.1, -0.05) is 0 Å². The summed E-state index contributed by atoms with van der Waals surface area (Å²) >= 11 is 0. The topological polar surface area (TPSA) is 38.1 Å². The predicted molar refractivity (Wildman–Crippen MR) is 61.8 cm³/mol. The molecule has 0 aromatic carbocycles. The van der Waals surface area contributed by atoms with Gasteiger partial charge in [-0.3, -0.25) is 4.99 Å². The second-order valence-corrected chi connectivity index (χ2v) is 4.06. The third-order valence-corrected chi connectivity index (χ3v) is 2.48. The molecule has 0 amide bonds. The molecule has 15 heavy (non-hydrogen) atoms. The van der Waals surface area contributed by atoms with E-state index in [1.165, 1.54) is 5.57 Å². The molecule has 0 unspecified atom stereocenters. The van der Waals surface area contributed by atoms with Gasteiger partial charge in [-0.2, -0.15) is 0 Å². The first-order valence-electron chi connectivity index (χ1n) is 5.13. The molecule has 0 saturated heterocycles. The minimum Gasteiger partial charge on any atom is -0.262 e. The van der Waals surface area contributed by atoms with Gasteiger partial charge in [-0.15, -0.1) is 0 Å². The van der Waals surface area contributed by atoms with Crippen LogP contribution in [0.25, 0.3) is 5.57 Å². The first-order chi connectivity index (χ1) is 7.06. The minimum absolute atomic E-state index is 0.839. The van der Waals surface area contributed by atoms with Crippen LogP contribution in [-0.2, 0) is 0 Å². The second kappa shape index (κ2) is 3.57. The lowest BCUT2D eigenvalue weighted by atomic mass is 10.1. The molecule has 0 atom stereocenters. The fourth-order valence-corrected chi connectivity index (χ4v) is 1.88. The Morgan fingerprint density at radius 2 is 1.60 bits per heavy atom. The summed E-state index contributed by atoms with van der Waals surface area (Å²) in [5, 5.41) is 0. The molecule has 1 aliphatic rings. The monoisotopic (exact) mass is 201 g/mol. The van der Waals surface area contributed by atoms with Crippen molar-refractivity contribution in [3.05, 3.63) is 29.0 Å². The van der Waals surface area contributed by atoms with Gasteiger partial charge in [0.15, 0.2) is 5.82 Å². The van der Waals surface area contributed by atoms with E-state index in [9.17, 15) is 0 Å². The summed E-state index contributed by atoms with van der Waals surface area (Å²) < 4.78 is 0. The van der Waals surface area contributed by atoms with E-state index in [-0.39, 0.29) is 0 Å². The summed E-state index contributed by atoms with van der Waals surface area (Å²) in [6.45, 7) is 8.06. The molecule has 78 valence electrons. The lowest BCUT2D eigenvalue weighted by Gasteiger charge is -2.04. The average molecular weight is 201 g/mol. The van der Waals surface area contributed by atoms with Crippen LogP contribution in [0.15, 0.2) is 16.8 Å². The molecule has 1 aliphatic heterocycles. The van der Waals surface area contributed by atoms with Gasteiger partial charge in [0.2, 0.25) is 0 Å². The van der Waals surface area contributed by atoms with Crippen molar-refractivity contribution in [2.45, 2.75) is 34.1 Å². The third-order valence-electron chi connectivity index (χ3n) is 2.48. The summed E-state index contributed by atoms with van der Waals surface area (Å²) in [7, 11) is 0. The number of aryl methyl sites for hydroxylation is 2. The van der Waals surface area contributed by atoms with Gasteiger partial charge in [0.05, 0.1) is 0 Å². The first kappa shape index (κ1) is 10.0. The molecular formula is C12H15N3. The van der Waals surface area contributed by atoms with Gasteiger partial charge in [0.25, 0.3) is 0 Å². The maximum Gasteiger partial charge on any atom is 0.157 e. The number of hydrogen-bond donors (Lipinski definition) is 0. The highest BCUT2D eigenvalue weighted by atomic mass is 14.9. The standard InChI is InChI=1S/C12H15N3/c1-7-5-8(2)15-12(14-7)11-6-9(3)13-10(11)4/h5H,6H2,1-4H3. The van der Waals surface area contributed by atoms with Gasteiger partial charge in [0, 0.05) is 34.8 Å². The van der Waals surface area contributed by atoms with Gasteiger partial charge < -0.3 is 0 Å². The fraction of sp³-hybridized carbons (Fsp3) is 0.417. The zero-order valence-corrected chi connectivity index (χ0v) is 9.63. The first-order valence-corrected chi connectivity index (χ1v) is 5.13. The van der Waals surface area contributed by atoms with Crippen LogP contribution in [0.2, 0.25) is 0 Å².